The van der Waals surface area contributed by atoms with Crippen LogP contribution in [0.3, 0.4) is 0 Å². The molecule has 0 aliphatic rings. The second kappa shape index (κ2) is 11.7. The number of hydrogen-bond donors (Lipinski definition) is 1. The van der Waals surface area contributed by atoms with Crippen molar-refractivity contribution in [1.29, 1.82) is 0 Å². The summed E-state index contributed by atoms with van der Waals surface area (Å²) in [5.74, 6) is -0.313. The van der Waals surface area contributed by atoms with Crippen molar-refractivity contribution in [2.24, 2.45) is 0 Å². The first-order valence-electron chi connectivity index (χ1n) is 8.09. The van der Waals surface area contributed by atoms with Crippen molar-refractivity contribution >= 4 is 97.3 Å². The Kier molecular flexibility index (Phi) is 11.2. The molecule has 1 aromatic rings. The van der Waals surface area contributed by atoms with Crippen LogP contribution >= 0.6 is 67.8 Å². The van der Waals surface area contributed by atoms with Crippen LogP contribution in [-0.2, 0) is 9.59 Å². The molecule has 0 amide bonds. The van der Waals surface area contributed by atoms with Gasteiger partial charge >= 0.3 is 197 Å². The normalized spacial score (nSPS) is 13.4. The number of hydrogen-bond acceptors (Lipinski definition) is 3. The number of halogens is 3. The van der Waals surface area contributed by atoms with Crippen molar-refractivity contribution in [1.82, 2.24) is 0 Å². The Morgan fingerprint density at radius 3 is 2.32 bits per heavy atom. The van der Waals surface area contributed by atoms with Crippen molar-refractivity contribution in [3.63, 3.8) is 0 Å². The third-order valence-corrected chi connectivity index (χ3v) is 13.7. The van der Waals surface area contributed by atoms with Gasteiger partial charge in [0.25, 0.3) is 0 Å². The van der Waals surface area contributed by atoms with Gasteiger partial charge in [-0.1, -0.05) is 0 Å². The molecule has 0 saturated heterocycles. The maximum absolute atomic E-state index is 12.2. The van der Waals surface area contributed by atoms with E-state index in [9.17, 15) is 14.7 Å². The van der Waals surface area contributed by atoms with E-state index in [1.807, 2.05) is 13.0 Å². The van der Waals surface area contributed by atoms with E-state index in [2.05, 4.69) is 74.7 Å². The van der Waals surface area contributed by atoms with Gasteiger partial charge in [-0.15, -0.1) is 0 Å². The number of carboxylic acid groups (broad SMARTS) is 1. The summed E-state index contributed by atoms with van der Waals surface area (Å²) in [6.07, 6.45) is 2.35. The predicted octanol–water partition coefficient (Wildman–Crippen LogP) is 4.76. The van der Waals surface area contributed by atoms with Crippen LogP contribution in [0, 0.1) is 10.7 Å². The molecule has 140 valence electrons. The van der Waals surface area contributed by atoms with Gasteiger partial charge in [0.15, 0.2) is 0 Å². The van der Waals surface area contributed by atoms with Gasteiger partial charge in [0.1, 0.15) is 0 Å². The fourth-order valence-corrected chi connectivity index (χ4v) is 13.1. The molecular weight excluding hydrogens is 724 g/mol. The van der Waals surface area contributed by atoms with Gasteiger partial charge in [-0.2, -0.15) is 0 Å². The molecule has 2 atom stereocenters. The molecule has 1 rings (SSSR count). The summed E-state index contributed by atoms with van der Waals surface area (Å²) >= 11 is 4.86. The zero-order valence-electron chi connectivity index (χ0n) is 14.4. The Bertz CT molecular complexity index is 637. The SMILES string of the molecule is CCCCC(Oc1c(I)cc(I)c([As](CCC)C(C)=O)c1I)C(=O)O. The van der Waals surface area contributed by atoms with Gasteiger partial charge in [0, 0.05) is 0 Å². The number of unbranched alkanes of at least 4 members (excludes halogenated alkanes) is 1. The van der Waals surface area contributed by atoms with Crippen LogP contribution in [0.1, 0.15) is 46.5 Å². The summed E-state index contributed by atoms with van der Waals surface area (Å²) in [4.78, 5) is 23.8. The molecule has 0 heterocycles. The molecule has 1 N–H and O–H groups in total. The van der Waals surface area contributed by atoms with Gasteiger partial charge in [-0.25, -0.2) is 0 Å². The van der Waals surface area contributed by atoms with Crippen LogP contribution in [-0.4, -0.2) is 36.4 Å². The minimum absolute atomic E-state index is 0.276. The number of benzene rings is 1. The molecule has 0 bridgehead atoms. The van der Waals surface area contributed by atoms with Gasteiger partial charge in [0.05, 0.1) is 0 Å². The first kappa shape index (κ1) is 23.9. The van der Waals surface area contributed by atoms with Crippen LogP contribution < -0.4 is 9.09 Å². The van der Waals surface area contributed by atoms with Gasteiger partial charge in [-0.3, -0.25) is 0 Å². The second-order valence-electron chi connectivity index (χ2n) is 5.59. The van der Waals surface area contributed by atoms with Crippen LogP contribution in [0.4, 0.5) is 0 Å². The topological polar surface area (TPSA) is 63.6 Å². The minimum atomic E-state index is -1.85. The molecule has 0 saturated carbocycles. The number of rotatable bonds is 10. The monoisotopic (exact) mass is 746 g/mol. The zero-order chi connectivity index (χ0) is 19.1. The fraction of sp³-hybridized carbons (Fsp3) is 0.529. The van der Waals surface area contributed by atoms with Crippen molar-refractivity contribution < 1.29 is 19.4 Å². The summed E-state index contributed by atoms with van der Waals surface area (Å²) in [7, 11) is 0. The molecule has 1 aromatic carbocycles. The van der Waals surface area contributed by atoms with E-state index < -0.39 is 26.7 Å². The quantitative estimate of drug-likeness (QED) is 0.278. The third kappa shape index (κ3) is 6.78. The van der Waals surface area contributed by atoms with Crippen LogP contribution in [0.15, 0.2) is 6.07 Å². The Hall–Kier alpha value is 0.908. The fourth-order valence-electron chi connectivity index (χ4n) is 2.33. The van der Waals surface area contributed by atoms with Crippen LogP contribution in [0.2, 0.25) is 5.21 Å². The number of carbonyl (C=O) groups excluding carboxylic acids is 1. The molecule has 0 radical (unpaired) electrons. The standard InChI is InChI=1S/C17H22AsI3O4/c1-4-6-7-13(17(23)24)25-16-12(20)9-11(19)14(15(16)21)18(8-5-2)10(3)22/h9,13H,4-8H2,1-3H3,(H,23,24). The first-order chi connectivity index (χ1) is 11.7. The molecule has 2 unspecified atom stereocenters. The van der Waals surface area contributed by atoms with E-state index in [0.29, 0.717) is 12.2 Å². The van der Waals surface area contributed by atoms with Crippen molar-refractivity contribution in [3.8, 4) is 5.75 Å². The third-order valence-electron chi connectivity index (χ3n) is 3.56. The molecule has 0 aliphatic carbocycles. The maximum atomic E-state index is 12.2. The Balaban J connectivity index is 3.34. The summed E-state index contributed by atoms with van der Waals surface area (Å²) in [5, 5.41) is 10.4. The Morgan fingerprint density at radius 1 is 1.20 bits per heavy atom. The van der Waals surface area contributed by atoms with E-state index in [1.165, 1.54) is 0 Å². The molecule has 8 heteroatoms. The summed E-state index contributed by atoms with van der Waals surface area (Å²) in [6, 6.07) is 2.01. The summed E-state index contributed by atoms with van der Waals surface area (Å²) in [5.41, 5.74) is 0. The first-order valence-corrected chi connectivity index (χ1v) is 14.5. The van der Waals surface area contributed by atoms with Crippen molar-refractivity contribution in [2.75, 3.05) is 0 Å². The molecule has 4 nitrogen and oxygen atoms in total. The molecule has 0 aromatic heterocycles. The Labute approximate surface area is 194 Å². The molecular formula is C17H22AsI3O4. The van der Waals surface area contributed by atoms with Crippen LogP contribution in [0.25, 0.3) is 0 Å². The van der Waals surface area contributed by atoms with E-state index in [-0.39, 0.29) is 4.57 Å². The summed E-state index contributed by atoms with van der Waals surface area (Å²) in [6.45, 7) is 5.81. The van der Waals surface area contributed by atoms with Gasteiger partial charge < -0.3 is 0 Å². The van der Waals surface area contributed by atoms with Gasteiger partial charge in [0.2, 0.25) is 0 Å². The van der Waals surface area contributed by atoms with Crippen LogP contribution in [0.5, 0.6) is 5.75 Å². The number of carboxylic acids is 1. The number of ether oxygens (including phenoxy) is 1. The van der Waals surface area contributed by atoms with Crippen molar-refractivity contribution in [2.45, 2.75) is 57.8 Å². The van der Waals surface area contributed by atoms with E-state index in [4.69, 9.17) is 4.74 Å². The zero-order valence-corrected chi connectivity index (χ0v) is 22.8. The molecule has 25 heavy (non-hydrogen) atoms. The van der Waals surface area contributed by atoms with E-state index in [0.717, 1.165) is 39.5 Å². The van der Waals surface area contributed by atoms with Crippen molar-refractivity contribution in [3.05, 3.63) is 16.8 Å². The second-order valence-corrected chi connectivity index (χ2v) is 14.0. The average molecular weight is 746 g/mol. The average Bonchev–Trinajstić information content (AvgIpc) is 2.52. The van der Waals surface area contributed by atoms with E-state index >= 15 is 0 Å². The number of aliphatic carboxylic acids is 1. The molecule has 0 spiro atoms. The van der Waals surface area contributed by atoms with E-state index in [1.54, 1.807) is 6.92 Å². The predicted molar refractivity (Wildman–Crippen MR) is 127 cm³/mol. The molecule has 0 aliphatic heterocycles. The number of carbonyl (C=O) groups is 2. The van der Waals surface area contributed by atoms with Gasteiger partial charge in [-0.05, 0) is 0 Å². The molecule has 0 fully saturated rings. The Morgan fingerprint density at radius 2 is 1.84 bits per heavy atom. The summed E-state index contributed by atoms with van der Waals surface area (Å²) < 4.78 is 10.2.